The van der Waals surface area contributed by atoms with Crippen molar-refractivity contribution in [3.63, 3.8) is 0 Å². The molecule has 0 fully saturated rings. The summed E-state index contributed by atoms with van der Waals surface area (Å²) in [6, 6.07) is -3.88. The molecule has 0 saturated carbocycles. The van der Waals surface area contributed by atoms with E-state index >= 15 is 0 Å². The summed E-state index contributed by atoms with van der Waals surface area (Å²) in [7, 11) is 0. The monoisotopic (exact) mass is 516 g/mol. The molecule has 0 heterocycles. The molecule has 0 aromatic heterocycles. The van der Waals surface area contributed by atoms with Crippen molar-refractivity contribution >= 4 is 41.6 Å². The van der Waals surface area contributed by atoms with Gasteiger partial charge in [0.2, 0.25) is 17.7 Å². The van der Waals surface area contributed by atoms with Crippen LogP contribution in [0.4, 0.5) is 0 Å². The minimum atomic E-state index is -1.40. The van der Waals surface area contributed by atoms with Gasteiger partial charge in [0.1, 0.15) is 18.1 Å². The number of amides is 3. The third-order valence-electron chi connectivity index (χ3n) is 4.62. The molecular weight excluding hydrogens is 480 g/mol. The Kier molecular flexibility index (Phi) is 15.3. The van der Waals surface area contributed by atoms with Gasteiger partial charge in [0.05, 0.1) is 6.54 Å². The zero-order valence-electron chi connectivity index (χ0n) is 19.8. The van der Waals surface area contributed by atoms with E-state index in [0.29, 0.717) is 0 Å². The molecule has 0 saturated heterocycles. The predicted molar refractivity (Wildman–Crippen MR) is 129 cm³/mol. The lowest BCUT2D eigenvalue weighted by Gasteiger charge is -2.24. The summed E-state index contributed by atoms with van der Waals surface area (Å²) >= 11 is 0. The van der Waals surface area contributed by atoms with Crippen molar-refractivity contribution in [1.82, 2.24) is 16.0 Å². The standard InChI is InChI=1S/C19H36N10O7/c20-9-13(30)27-10(3-1-7-25-18(21)22)15(33)28-11(5-6-14(31)32)16(34)29-12(17(35)36)4-2-8-26-19(23)24/h10-12H,1-9,20H2,(H,27,30)(H,28,33)(H,29,34)(H,31,32)(H,35,36)(H4,21,22,25)(H4,23,24,26). The first-order valence-electron chi connectivity index (χ1n) is 11.0. The van der Waals surface area contributed by atoms with E-state index in [-0.39, 0.29) is 57.1 Å². The summed E-state index contributed by atoms with van der Waals surface area (Å²) < 4.78 is 0. The van der Waals surface area contributed by atoms with E-state index in [1.165, 1.54) is 0 Å². The molecule has 0 spiro atoms. The topological polar surface area (TPSA) is 317 Å². The molecule has 3 amide bonds. The van der Waals surface area contributed by atoms with Crippen molar-refractivity contribution in [2.75, 3.05) is 19.6 Å². The van der Waals surface area contributed by atoms with E-state index in [1.807, 2.05) is 0 Å². The Morgan fingerprint density at radius 2 is 1.14 bits per heavy atom. The fourth-order valence-electron chi connectivity index (χ4n) is 2.87. The van der Waals surface area contributed by atoms with Crippen LogP contribution in [0.5, 0.6) is 0 Å². The highest BCUT2D eigenvalue weighted by Gasteiger charge is 2.29. The first-order valence-corrected chi connectivity index (χ1v) is 11.0. The highest BCUT2D eigenvalue weighted by molar-refractivity contribution is 5.93. The Labute approximate surface area is 207 Å². The fraction of sp³-hybridized carbons (Fsp3) is 0.632. The quantitative estimate of drug-likeness (QED) is 0.0467. The lowest BCUT2D eigenvalue weighted by Crippen LogP contribution is -2.56. The molecule has 15 N–H and O–H groups in total. The van der Waals surface area contributed by atoms with Gasteiger partial charge in [-0.2, -0.15) is 0 Å². The number of hydrogen-bond acceptors (Lipinski definition) is 8. The molecule has 204 valence electrons. The number of hydrogen-bond donors (Lipinski definition) is 10. The summed E-state index contributed by atoms with van der Waals surface area (Å²) in [5.74, 6) is -5.26. The molecule has 0 radical (unpaired) electrons. The van der Waals surface area contributed by atoms with Gasteiger partial charge in [-0.3, -0.25) is 29.2 Å². The minimum absolute atomic E-state index is 0.0303. The van der Waals surface area contributed by atoms with Gasteiger partial charge in [0, 0.05) is 19.5 Å². The van der Waals surface area contributed by atoms with Crippen LogP contribution in [0, 0.1) is 0 Å². The maximum Gasteiger partial charge on any atom is 0.326 e. The normalized spacial score (nSPS) is 12.8. The number of carbonyl (C=O) groups excluding carboxylic acids is 3. The Morgan fingerprint density at radius 3 is 1.56 bits per heavy atom. The smallest absolute Gasteiger partial charge is 0.326 e. The molecule has 0 aliphatic carbocycles. The molecule has 3 atom stereocenters. The number of carboxylic acid groups (broad SMARTS) is 2. The van der Waals surface area contributed by atoms with Gasteiger partial charge >= 0.3 is 11.9 Å². The van der Waals surface area contributed by atoms with Crippen LogP contribution < -0.4 is 44.6 Å². The molecule has 36 heavy (non-hydrogen) atoms. The van der Waals surface area contributed by atoms with Crippen molar-refractivity contribution in [2.24, 2.45) is 38.7 Å². The molecule has 0 rings (SSSR count). The van der Waals surface area contributed by atoms with Crippen LogP contribution in [-0.4, -0.2) is 89.6 Å². The van der Waals surface area contributed by atoms with Crippen molar-refractivity contribution in [1.29, 1.82) is 0 Å². The highest BCUT2D eigenvalue weighted by Crippen LogP contribution is 2.06. The summed E-state index contributed by atoms with van der Waals surface area (Å²) in [6.45, 7) is -0.113. The van der Waals surface area contributed by atoms with Gasteiger partial charge in [-0.15, -0.1) is 0 Å². The second-order valence-corrected chi connectivity index (χ2v) is 7.61. The number of guanidine groups is 2. The largest absolute Gasteiger partial charge is 0.481 e. The molecule has 3 unspecified atom stereocenters. The van der Waals surface area contributed by atoms with Crippen molar-refractivity contribution < 1.29 is 34.2 Å². The minimum Gasteiger partial charge on any atom is -0.481 e. The molecule has 17 nitrogen and oxygen atoms in total. The van der Waals surface area contributed by atoms with Crippen LogP contribution in [-0.2, 0) is 24.0 Å². The molecule has 0 aliphatic rings. The number of carboxylic acids is 2. The highest BCUT2D eigenvalue weighted by atomic mass is 16.4. The number of aliphatic carboxylic acids is 2. The van der Waals surface area contributed by atoms with Gasteiger partial charge in [-0.05, 0) is 32.1 Å². The zero-order chi connectivity index (χ0) is 27.7. The van der Waals surface area contributed by atoms with Gasteiger partial charge in [-0.1, -0.05) is 0 Å². The molecular formula is C19H36N10O7. The lowest BCUT2D eigenvalue weighted by molar-refractivity contribution is -0.143. The zero-order valence-corrected chi connectivity index (χ0v) is 19.8. The number of rotatable bonds is 18. The lowest BCUT2D eigenvalue weighted by atomic mass is 10.1. The third kappa shape index (κ3) is 14.9. The maximum atomic E-state index is 12.8. The van der Waals surface area contributed by atoms with Crippen molar-refractivity contribution in [2.45, 2.75) is 56.7 Å². The summed E-state index contributed by atoms with van der Waals surface area (Å²) in [5.41, 5.74) is 26.2. The molecule has 0 aromatic rings. The van der Waals surface area contributed by atoms with Crippen LogP contribution in [0.15, 0.2) is 9.98 Å². The van der Waals surface area contributed by atoms with Crippen LogP contribution in [0.3, 0.4) is 0 Å². The predicted octanol–water partition coefficient (Wildman–Crippen LogP) is -4.54. The fourth-order valence-corrected chi connectivity index (χ4v) is 2.87. The SMILES string of the molecule is NCC(=O)NC(CCCN=C(N)N)C(=O)NC(CCC(=O)O)C(=O)NC(CCCN=C(N)N)C(=O)O. The first-order chi connectivity index (χ1) is 16.9. The van der Waals surface area contributed by atoms with Crippen molar-refractivity contribution in [3.8, 4) is 0 Å². The summed E-state index contributed by atoms with van der Waals surface area (Å²) in [5, 5.41) is 25.5. The van der Waals surface area contributed by atoms with Crippen LogP contribution in [0.2, 0.25) is 0 Å². The average Bonchev–Trinajstić information content (AvgIpc) is 2.79. The van der Waals surface area contributed by atoms with E-state index in [1.54, 1.807) is 0 Å². The number of nitrogens with one attached hydrogen (secondary N) is 3. The number of nitrogens with two attached hydrogens (primary N) is 5. The van der Waals surface area contributed by atoms with Crippen LogP contribution in [0.25, 0.3) is 0 Å². The van der Waals surface area contributed by atoms with Gasteiger partial charge < -0.3 is 54.8 Å². The Balaban J connectivity index is 5.44. The van der Waals surface area contributed by atoms with Crippen molar-refractivity contribution in [3.05, 3.63) is 0 Å². The Bertz CT molecular complexity index is 825. The van der Waals surface area contributed by atoms with Gasteiger partial charge in [-0.25, -0.2) is 4.79 Å². The number of nitrogens with zero attached hydrogens (tertiary/aromatic N) is 2. The second kappa shape index (κ2) is 17.3. The van der Waals surface area contributed by atoms with E-state index < -0.39 is 60.8 Å². The summed E-state index contributed by atoms with van der Waals surface area (Å²) in [4.78, 5) is 67.5. The maximum absolute atomic E-state index is 12.8. The molecule has 0 aliphatic heterocycles. The van der Waals surface area contributed by atoms with E-state index in [2.05, 4.69) is 25.9 Å². The van der Waals surface area contributed by atoms with Crippen LogP contribution >= 0.6 is 0 Å². The molecule has 17 heteroatoms. The molecule has 0 bridgehead atoms. The first kappa shape index (κ1) is 31.8. The van der Waals surface area contributed by atoms with Gasteiger partial charge in [0.25, 0.3) is 0 Å². The number of aliphatic imine (C=N–C) groups is 2. The van der Waals surface area contributed by atoms with E-state index in [9.17, 15) is 29.1 Å². The van der Waals surface area contributed by atoms with Gasteiger partial charge in [0.15, 0.2) is 11.9 Å². The average molecular weight is 517 g/mol. The van der Waals surface area contributed by atoms with Crippen LogP contribution in [0.1, 0.15) is 38.5 Å². The molecule has 0 aromatic carbocycles. The van der Waals surface area contributed by atoms with E-state index in [0.717, 1.165) is 0 Å². The summed E-state index contributed by atoms with van der Waals surface area (Å²) in [6.07, 6.45) is -0.278. The number of carbonyl (C=O) groups is 5. The Morgan fingerprint density at radius 1 is 0.694 bits per heavy atom. The third-order valence-corrected chi connectivity index (χ3v) is 4.62. The van der Waals surface area contributed by atoms with E-state index in [4.69, 9.17) is 33.8 Å². The second-order valence-electron chi connectivity index (χ2n) is 7.61. The Hall–Kier alpha value is -4.15.